The zero-order valence-corrected chi connectivity index (χ0v) is 17.2. The summed E-state index contributed by atoms with van der Waals surface area (Å²) in [6.45, 7) is -0.147. The van der Waals surface area contributed by atoms with Crippen LogP contribution in [-0.4, -0.2) is 31.1 Å². The topological polar surface area (TPSA) is 106 Å². The van der Waals surface area contributed by atoms with Crippen LogP contribution in [0.4, 0.5) is 10.1 Å². The Morgan fingerprint density at radius 3 is 2.52 bits per heavy atom. The van der Waals surface area contributed by atoms with Crippen molar-refractivity contribution in [3.8, 4) is 6.07 Å². The van der Waals surface area contributed by atoms with Crippen LogP contribution in [0.15, 0.2) is 38.6 Å². The molecule has 0 saturated carbocycles. The molecule has 0 saturated heterocycles. The zero-order chi connectivity index (χ0) is 21.3. The molecule has 0 radical (unpaired) electrons. The van der Waals surface area contributed by atoms with Crippen molar-refractivity contribution >= 4 is 38.7 Å². The van der Waals surface area contributed by atoms with Gasteiger partial charge in [-0.3, -0.25) is 23.3 Å². The molecule has 0 spiro atoms. The van der Waals surface area contributed by atoms with Crippen LogP contribution in [0.1, 0.15) is 6.42 Å². The van der Waals surface area contributed by atoms with E-state index in [9.17, 15) is 18.8 Å². The quantitative estimate of drug-likeness (QED) is 0.531. The maximum atomic E-state index is 13.3. The number of halogens is 2. The van der Waals surface area contributed by atoms with E-state index in [0.717, 1.165) is 4.57 Å². The van der Waals surface area contributed by atoms with Crippen LogP contribution in [0.2, 0.25) is 0 Å². The van der Waals surface area contributed by atoms with E-state index >= 15 is 0 Å². The van der Waals surface area contributed by atoms with E-state index in [1.165, 1.54) is 52.4 Å². The van der Waals surface area contributed by atoms with Crippen LogP contribution in [0.25, 0.3) is 11.2 Å². The lowest BCUT2D eigenvalue weighted by molar-refractivity contribution is -0.119. The van der Waals surface area contributed by atoms with Crippen molar-refractivity contribution in [3.63, 3.8) is 0 Å². The summed E-state index contributed by atoms with van der Waals surface area (Å²) >= 11 is 3.24. The minimum atomic E-state index is -0.574. The first kappa shape index (κ1) is 20.5. The zero-order valence-electron chi connectivity index (χ0n) is 15.6. The molecule has 0 bridgehead atoms. The van der Waals surface area contributed by atoms with Gasteiger partial charge in [0.05, 0.1) is 12.5 Å². The molecule has 0 unspecified atom stereocenters. The van der Waals surface area contributed by atoms with Crippen molar-refractivity contribution in [2.45, 2.75) is 13.0 Å². The molecule has 11 heteroatoms. The highest BCUT2D eigenvalue weighted by atomic mass is 79.9. The summed E-state index contributed by atoms with van der Waals surface area (Å²) < 4.78 is 17.0. The van der Waals surface area contributed by atoms with E-state index in [4.69, 9.17) is 5.26 Å². The predicted molar refractivity (Wildman–Crippen MR) is 107 cm³/mol. The number of hydrogen-bond acceptors (Lipinski definition) is 5. The van der Waals surface area contributed by atoms with Crippen LogP contribution in [0, 0.1) is 17.1 Å². The highest BCUT2D eigenvalue weighted by molar-refractivity contribution is 9.10. The van der Waals surface area contributed by atoms with E-state index < -0.39 is 23.0 Å². The molecule has 150 valence electrons. The highest BCUT2D eigenvalue weighted by Crippen LogP contribution is 2.20. The Morgan fingerprint density at radius 1 is 1.24 bits per heavy atom. The molecule has 0 aliphatic carbocycles. The van der Waals surface area contributed by atoms with E-state index in [-0.39, 0.29) is 35.4 Å². The lowest BCUT2D eigenvalue weighted by atomic mass is 10.2. The largest absolute Gasteiger partial charge is 0.332 e. The summed E-state index contributed by atoms with van der Waals surface area (Å²) in [5, 5.41) is 8.91. The molecular weight excluding hydrogens is 447 g/mol. The number of rotatable bonds is 5. The molecular formula is C18H16BrFN6O3. The van der Waals surface area contributed by atoms with E-state index in [1.54, 1.807) is 0 Å². The van der Waals surface area contributed by atoms with Gasteiger partial charge in [0.2, 0.25) is 5.91 Å². The number of carbonyl (C=O) groups is 1. The molecule has 0 aliphatic heterocycles. The van der Waals surface area contributed by atoms with Gasteiger partial charge in [0.1, 0.15) is 12.4 Å². The maximum Gasteiger partial charge on any atom is 0.332 e. The number of amides is 1. The van der Waals surface area contributed by atoms with Crippen molar-refractivity contribution < 1.29 is 9.18 Å². The smallest absolute Gasteiger partial charge is 0.310 e. The average Bonchev–Trinajstić information content (AvgIpc) is 3.02. The molecule has 2 heterocycles. The molecule has 0 atom stereocenters. The molecule has 3 rings (SSSR count). The SMILES string of the molecule is Cn1c(=O)c2nc(Br)n(CC(=O)N(CCC#N)c3ccc(F)cc3)c2n(C)c1=O. The van der Waals surface area contributed by atoms with Gasteiger partial charge in [-0.15, -0.1) is 0 Å². The van der Waals surface area contributed by atoms with Gasteiger partial charge in [-0.1, -0.05) is 0 Å². The molecule has 29 heavy (non-hydrogen) atoms. The number of aryl methyl sites for hydroxylation is 1. The third-order valence-electron chi connectivity index (χ3n) is 4.47. The Balaban J connectivity index is 2.06. The first-order valence-corrected chi connectivity index (χ1v) is 9.30. The van der Waals surface area contributed by atoms with E-state index in [1.807, 2.05) is 6.07 Å². The number of aromatic nitrogens is 4. The van der Waals surface area contributed by atoms with E-state index in [2.05, 4.69) is 20.9 Å². The molecule has 9 nitrogen and oxygen atoms in total. The summed E-state index contributed by atoms with van der Waals surface area (Å²) in [7, 11) is 2.83. The van der Waals surface area contributed by atoms with E-state index in [0.29, 0.717) is 5.69 Å². The van der Waals surface area contributed by atoms with Crippen molar-refractivity contribution in [1.29, 1.82) is 5.26 Å². The van der Waals surface area contributed by atoms with Crippen LogP contribution in [0.5, 0.6) is 0 Å². The van der Waals surface area contributed by atoms with Crippen LogP contribution >= 0.6 is 15.9 Å². The lowest BCUT2D eigenvalue weighted by Gasteiger charge is -2.22. The van der Waals surface area contributed by atoms with Crippen LogP contribution < -0.4 is 16.1 Å². The second-order valence-corrected chi connectivity index (χ2v) is 6.98. The van der Waals surface area contributed by atoms with Gasteiger partial charge in [0.25, 0.3) is 5.56 Å². The minimum absolute atomic E-state index is 0.0413. The second kappa shape index (κ2) is 8.00. The molecule has 1 aromatic carbocycles. The van der Waals surface area contributed by atoms with Gasteiger partial charge < -0.3 is 4.90 Å². The molecule has 2 aromatic heterocycles. The molecule has 1 amide bonds. The van der Waals surface area contributed by atoms with Crippen molar-refractivity contribution in [1.82, 2.24) is 18.7 Å². The van der Waals surface area contributed by atoms with Gasteiger partial charge in [-0.25, -0.2) is 14.2 Å². The summed E-state index contributed by atoms with van der Waals surface area (Å²) in [6, 6.07) is 7.30. The van der Waals surface area contributed by atoms with Gasteiger partial charge in [0, 0.05) is 26.3 Å². The first-order valence-electron chi connectivity index (χ1n) is 8.51. The van der Waals surface area contributed by atoms with Crippen LogP contribution in [0.3, 0.4) is 0 Å². The van der Waals surface area contributed by atoms with Gasteiger partial charge in [-0.05, 0) is 40.2 Å². The lowest BCUT2D eigenvalue weighted by Crippen LogP contribution is -2.38. The number of fused-ring (bicyclic) bond motifs is 1. The van der Waals surface area contributed by atoms with Gasteiger partial charge >= 0.3 is 5.69 Å². The Labute approximate surface area is 172 Å². The fraction of sp³-hybridized carbons (Fsp3) is 0.278. The van der Waals surface area contributed by atoms with Crippen molar-refractivity contribution in [2.75, 3.05) is 11.4 Å². The second-order valence-electron chi connectivity index (χ2n) is 6.27. The number of carbonyl (C=O) groups excluding carboxylic acids is 1. The number of imidazole rings is 1. The normalized spacial score (nSPS) is 10.9. The number of benzene rings is 1. The fourth-order valence-electron chi connectivity index (χ4n) is 3.00. The Bertz CT molecular complexity index is 1250. The summed E-state index contributed by atoms with van der Waals surface area (Å²) in [5.41, 5.74) is -0.465. The standard InChI is InChI=1S/C18H16BrFN6O3/c1-23-15-14(16(28)24(2)18(23)29)22-17(19)26(15)10-13(27)25(9-3-8-21)12-6-4-11(20)5-7-12/h4-7H,3,9-10H2,1-2H3. The molecule has 0 N–H and O–H groups in total. The minimum Gasteiger partial charge on any atom is -0.310 e. The highest BCUT2D eigenvalue weighted by Gasteiger charge is 2.22. The molecule has 0 fully saturated rings. The number of nitrogens with zero attached hydrogens (tertiary/aromatic N) is 6. The van der Waals surface area contributed by atoms with Crippen molar-refractivity contribution in [2.24, 2.45) is 14.1 Å². The molecule has 3 aromatic rings. The first-order chi connectivity index (χ1) is 13.8. The Kier molecular flexibility index (Phi) is 5.65. The number of anilines is 1. The van der Waals surface area contributed by atoms with Gasteiger partial charge in [-0.2, -0.15) is 5.26 Å². The van der Waals surface area contributed by atoms with Crippen molar-refractivity contribution in [3.05, 3.63) is 55.7 Å². The summed E-state index contributed by atoms with van der Waals surface area (Å²) in [6.07, 6.45) is 0.0774. The molecule has 0 aliphatic rings. The Morgan fingerprint density at radius 2 is 1.90 bits per heavy atom. The maximum absolute atomic E-state index is 13.3. The summed E-state index contributed by atoms with van der Waals surface area (Å²) in [5.74, 6) is -0.865. The van der Waals surface area contributed by atoms with Crippen LogP contribution in [-0.2, 0) is 25.4 Å². The Hall–Kier alpha value is -3.26. The monoisotopic (exact) mass is 462 g/mol. The number of hydrogen-bond donors (Lipinski definition) is 0. The van der Waals surface area contributed by atoms with Gasteiger partial charge in [0.15, 0.2) is 15.9 Å². The number of nitriles is 1. The predicted octanol–water partition coefficient (Wildman–Crippen LogP) is 1.28. The third-order valence-corrected chi connectivity index (χ3v) is 5.08. The fourth-order valence-corrected chi connectivity index (χ4v) is 3.47. The summed E-state index contributed by atoms with van der Waals surface area (Å²) in [4.78, 5) is 43.2. The average molecular weight is 463 g/mol. The third kappa shape index (κ3) is 3.71.